The van der Waals surface area contributed by atoms with Crippen molar-refractivity contribution in [3.63, 3.8) is 0 Å². The fourth-order valence-corrected chi connectivity index (χ4v) is 15.6. The third kappa shape index (κ3) is 82.1. The molecule has 0 amide bonds. The average Bonchev–Trinajstić information content (AvgIpc) is 0.900. The summed E-state index contributed by atoms with van der Waals surface area (Å²) in [5.41, 5.74) is 0. The third-order valence-electron chi connectivity index (χ3n) is 21.0. The molecule has 0 heterocycles. The summed E-state index contributed by atoms with van der Waals surface area (Å²) < 4.78 is 69.0. The van der Waals surface area contributed by atoms with Crippen LogP contribution in [0.4, 0.5) is 0 Å². The van der Waals surface area contributed by atoms with Gasteiger partial charge in [-0.15, -0.1) is 0 Å². The maximum atomic E-state index is 13.2. The van der Waals surface area contributed by atoms with Gasteiger partial charge in [0.15, 0.2) is 12.2 Å². The monoisotopic (exact) mass is 1580 g/mol. The minimum absolute atomic E-state index is 0.109. The van der Waals surface area contributed by atoms with Crippen molar-refractivity contribution in [2.45, 2.75) is 502 Å². The molecule has 0 aromatic heterocycles. The van der Waals surface area contributed by atoms with E-state index in [4.69, 9.17) is 37.0 Å². The minimum Gasteiger partial charge on any atom is -0.462 e. The lowest BCUT2D eigenvalue weighted by Gasteiger charge is -2.21. The van der Waals surface area contributed by atoms with Crippen LogP contribution in [0, 0.1) is 5.92 Å². The summed E-state index contributed by atoms with van der Waals surface area (Å²) in [5.74, 6) is -1.35. The summed E-state index contributed by atoms with van der Waals surface area (Å²) in [5, 5.41) is 10.7. The largest absolute Gasteiger partial charge is 0.472 e. The predicted molar refractivity (Wildman–Crippen MR) is 446 cm³/mol. The Morgan fingerprint density at radius 2 is 0.426 bits per heavy atom. The van der Waals surface area contributed by atoms with Crippen molar-refractivity contribution < 1.29 is 80.2 Å². The van der Waals surface area contributed by atoms with Gasteiger partial charge in [-0.1, -0.05) is 433 Å². The van der Waals surface area contributed by atoms with E-state index in [9.17, 15) is 43.2 Å². The molecular formula is C89H174O17P2. The lowest BCUT2D eigenvalue weighted by Crippen LogP contribution is -2.30. The van der Waals surface area contributed by atoms with E-state index in [0.717, 1.165) is 95.8 Å². The summed E-state index contributed by atoms with van der Waals surface area (Å²) in [4.78, 5) is 73.4. The molecule has 0 aliphatic rings. The number of rotatable bonds is 89. The van der Waals surface area contributed by atoms with Crippen LogP contribution in [-0.2, 0) is 65.4 Å². The van der Waals surface area contributed by atoms with Crippen molar-refractivity contribution in [3.8, 4) is 0 Å². The summed E-state index contributed by atoms with van der Waals surface area (Å²) in [7, 11) is -9.93. The van der Waals surface area contributed by atoms with Gasteiger partial charge in [-0.3, -0.25) is 37.3 Å². The van der Waals surface area contributed by atoms with Gasteiger partial charge in [0.2, 0.25) is 0 Å². The number of aliphatic hydroxyl groups is 1. The van der Waals surface area contributed by atoms with Gasteiger partial charge in [0.1, 0.15) is 19.3 Å². The second kappa shape index (κ2) is 81.6. The van der Waals surface area contributed by atoms with Crippen molar-refractivity contribution in [3.05, 3.63) is 0 Å². The molecule has 0 radical (unpaired) electrons. The van der Waals surface area contributed by atoms with Crippen molar-refractivity contribution in [2.24, 2.45) is 5.92 Å². The van der Waals surface area contributed by atoms with Gasteiger partial charge in [0, 0.05) is 25.7 Å². The second-order valence-electron chi connectivity index (χ2n) is 32.5. The van der Waals surface area contributed by atoms with E-state index >= 15 is 0 Å². The highest BCUT2D eigenvalue weighted by Crippen LogP contribution is 2.45. The highest BCUT2D eigenvalue weighted by Gasteiger charge is 2.30. The number of phosphoric acid groups is 2. The zero-order valence-electron chi connectivity index (χ0n) is 71.0. The molecule has 2 unspecified atom stereocenters. The first-order valence-electron chi connectivity index (χ1n) is 46.1. The second-order valence-corrected chi connectivity index (χ2v) is 35.4. The summed E-state index contributed by atoms with van der Waals surface area (Å²) >= 11 is 0. The Hall–Kier alpha value is -1.94. The van der Waals surface area contributed by atoms with Gasteiger partial charge in [-0.25, -0.2) is 9.13 Å². The molecule has 0 saturated carbocycles. The first kappa shape index (κ1) is 106. The molecule has 0 aromatic carbocycles. The molecule has 5 atom stereocenters. The molecule has 0 spiro atoms. The van der Waals surface area contributed by atoms with Gasteiger partial charge in [-0.2, -0.15) is 0 Å². The van der Waals surface area contributed by atoms with E-state index in [1.807, 2.05) is 0 Å². The number of carbonyl (C=O) groups is 4. The fraction of sp³-hybridized carbons (Fsp3) is 0.955. The zero-order valence-corrected chi connectivity index (χ0v) is 72.8. The molecule has 0 bridgehead atoms. The van der Waals surface area contributed by atoms with Crippen LogP contribution >= 0.6 is 15.6 Å². The van der Waals surface area contributed by atoms with Crippen LogP contribution in [0.5, 0.6) is 0 Å². The molecule has 3 N–H and O–H groups in total. The number of phosphoric ester groups is 2. The van der Waals surface area contributed by atoms with E-state index in [0.29, 0.717) is 25.7 Å². The lowest BCUT2D eigenvalue weighted by atomic mass is 10.0. The number of ether oxygens (including phenoxy) is 4. The van der Waals surface area contributed by atoms with E-state index < -0.39 is 97.5 Å². The van der Waals surface area contributed by atoms with Gasteiger partial charge >= 0.3 is 39.5 Å². The smallest absolute Gasteiger partial charge is 0.462 e. The third-order valence-corrected chi connectivity index (χ3v) is 22.9. The SMILES string of the molecule is CCCCCCCCCCCCCCCCCCCCCCCC(=O)O[C@H](COC(=O)CCCCCCCCCCCCCCCCCCCCC)COP(=O)(O)OC[C@@H](O)COP(=O)(O)OC[C@@H](COC(=O)CCCCCCCCCCCC(C)C)OC(=O)CCCCCCCCCCCCCCCCCC. The number of esters is 4. The molecular weight excluding hydrogens is 1400 g/mol. The molecule has 19 heteroatoms. The maximum absolute atomic E-state index is 13.2. The maximum Gasteiger partial charge on any atom is 0.472 e. The van der Waals surface area contributed by atoms with Crippen LogP contribution in [0.15, 0.2) is 0 Å². The molecule has 108 heavy (non-hydrogen) atoms. The normalized spacial score (nSPS) is 13.7. The van der Waals surface area contributed by atoms with Crippen LogP contribution in [0.3, 0.4) is 0 Å². The van der Waals surface area contributed by atoms with Crippen LogP contribution < -0.4 is 0 Å². The minimum atomic E-state index is -4.97. The van der Waals surface area contributed by atoms with E-state index in [-0.39, 0.29) is 25.7 Å². The molecule has 0 fully saturated rings. The summed E-state index contributed by atoms with van der Waals surface area (Å²) in [6.07, 6.45) is 76.5. The zero-order chi connectivity index (χ0) is 79.0. The fourth-order valence-electron chi connectivity index (χ4n) is 14.0. The first-order valence-corrected chi connectivity index (χ1v) is 49.1. The number of hydrogen-bond donors (Lipinski definition) is 3. The van der Waals surface area contributed by atoms with Crippen LogP contribution in [0.25, 0.3) is 0 Å². The van der Waals surface area contributed by atoms with Gasteiger partial charge in [0.25, 0.3) is 0 Å². The Morgan fingerprint density at radius 1 is 0.250 bits per heavy atom. The Labute approximate surface area is 664 Å². The topological polar surface area (TPSA) is 237 Å². The van der Waals surface area contributed by atoms with Gasteiger partial charge in [0.05, 0.1) is 26.4 Å². The Kier molecular flexibility index (Phi) is 80.2. The van der Waals surface area contributed by atoms with Crippen LogP contribution in [0.1, 0.15) is 484 Å². The number of unbranched alkanes of at least 4 members (excludes halogenated alkanes) is 61. The van der Waals surface area contributed by atoms with Crippen molar-refractivity contribution in [1.29, 1.82) is 0 Å². The van der Waals surface area contributed by atoms with Crippen molar-refractivity contribution in [1.82, 2.24) is 0 Å². The standard InChI is InChI=1S/C89H174O17P2/c1-6-9-12-15-18-21-24-27-30-33-35-36-38-40-43-46-49-54-60-65-70-75-88(93)105-84(78-99-86(91)72-67-62-57-52-47-44-42-39-37-34-31-28-25-22-19-16-13-10-7-2)80-103-107(95,96)101-76-83(90)77-102-108(97,98)104-81-85(79-100-87(92)73-68-63-58-55-50-51-56-61-66-71-82(4)5)106-89(94)74-69-64-59-53-48-45-41-32-29-26-23-20-17-14-11-8-3/h82-85,90H,6-81H2,1-5H3,(H,95,96)(H,97,98)/t83-,84-,85-/m1/s1. The Morgan fingerprint density at radius 3 is 0.630 bits per heavy atom. The summed E-state index contributed by atoms with van der Waals surface area (Å²) in [6, 6.07) is 0. The van der Waals surface area contributed by atoms with Crippen molar-refractivity contribution >= 4 is 39.5 Å². The number of aliphatic hydroxyl groups excluding tert-OH is 1. The van der Waals surface area contributed by atoms with Gasteiger partial charge < -0.3 is 33.8 Å². The van der Waals surface area contributed by atoms with E-state index in [1.54, 1.807) is 0 Å². The molecule has 0 saturated heterocycles. The molecule has 0 rings (SSSR count). The molecule has 17 nitrogen and oxygen atoms in total. The van der Waals surface area contributed by atoms with E-state index in [2.05, 4.69) is 34.6 Å². The highest BCUT2D eigenvalue weighted by atomic mass is 31.2. The quantitative estimate of drug-likeness (QED) is 0.0222. The summed E-state index contributed by atoms with van der Waals surface area (Å²) in [6.45, 7) is 7.37. The van der Waals surface area contributed by atoms with E-state index in [1.165, 1.54) is 308 Å². The Bertz CT molecular complexity index is 2050. The Balaban J connectivity index is 5.24. The molecule has 642 valence electrons. The number of carbonyl (C=O) groups excluding carboxylic acids is 4. The molecule has 0 aromatic rings. The number of hydrogen-bond acceptors (Lipinski definition) is 15. The lowest BCUT2D eigenvalue weighted by molar-refractivity contribution is -0.161. The van der Waals surface area contributed by atoms with Gasteiger partial charge in [-0.05, 0) is 31.6 Å². The predicted octanol–water partition coefficient (Wildman–Crippen LogP) is 27.5. The van der Waals surface area contributed by atoms with Crippen LogP contribution in [-0.4, -0.2) is 96.7 Å². The average molecular weight is 1580 g/mol. The van der Waals surface area contributed by atoms with Crippen molar-refractivity contribution in [2.75, 3.05) is 39.6 Å². The highest BCUT2D eigenvalue weighted by molar-refractivity contribution is 7.47. The molecule has 0 aliphatic carbocycles. The molecule has 0 aliphatic heterocycles. The first-order chi connectivity index (χ1) is 52.5. The van der Waals surface area contributed by atoms with Crippen LogP contribution in [0.2, 0.25) is 0 Å².